The van der Waals surface area contributed by atoms with Gasteiger partial charge in [-0.25, -0.2) is 4.79 Å². The maximum atomic E-state index is 13.0. The van der Waals surface area contributed by atoms with Crippen molar-refractivity contribution in [1.82, 2.24) is 0 Å². The van der Waals surface area contributed by atoms with Crippen molar-refractivity contribution in [2.75, 3.05) is 11.4 Å². The molecule has 1 fully saturated rings. The number of rotatable bonds is 3. The van der Waals surface area contributed by atoms with Crippen LogP contribution in [0.2, 0.25) is 0 Å². The third-order valence-electron chi connectivity index (χ3n) is 6.02. The molecule has 0 saturated carbocycles. The van der Waals surface area contributed by atoms with Crippen molar-refractivity contribution in [1.29, 1.82) is 0 Å². The van der Waals surface area contributed by atoms with Crippen LogP contribution in [0.25, 0.3) is 5.57 Å². The lowest BCUT2D eigenvalue weighted by atomic mass is 9.77. The summed E-state index contributed by atoms with van der Waals surface area (Å²) in [5.74, 6) is 0. The number of nitrogens with zero attached hydrogens (tertiary/aromatic N) is 1. The number of carbonyl (C=O) groups is 2. The minimum atomic E-state index is -0.623. The van der Waals surface area contributed by atoms with E-state index < -0.39 is 30.0 Å². The molecule has 30 heavy (non-hydrogen) atoms. The van der Waals surface area contributed by atoms with Crippen molar-refractivity contribution >= 4 is 36.2 Å². The molecule has 1 aromatic carbocycles. The molecule has 3 rings (SSSR count). The molecule has 0 unspecified atom stereocenters. The highest BCUT2D eigenvalue weighted by Gasteiger charge is 2.52. The molecule has 0 atom stereocenters. The zero-order valence-corrected chi connectivity index (χ0v) is 19.3. The Bertz CT molecular complexity index is 881. The Morgan fingerprint density at radius 3 is 2.30 bits per heavy atom. The summed E-state index contributed by atoms with van der Waals surface area (Å²) in [6, 6.07) is 5.64. The van der Waals surface area contributed by atoms with E-state index in [-0.39, 0.29) is 0 Å². The quantitative estimate of drug-likeness (QED) is 0.552. The number of ether oxygens (including phenoxy) is 1. The average molecular weight is 413 g/mol. The zero-order valence-electron chi connectivity index (χ0n) is 19.3. The summed E-state index contributed by atoms with van der Waals surface area (Å²) in [6.45, 7) is 15.8. The van der Waals surface area contributed by atoms with Gasteiger partial charge in [0.15, 0.2) is 6.29 Å². The number of allylic oxidation sites excluding steroid dienone is 1. The molecular formula is C23H32BNO5. The summed E-state index contributed by atoms with van der Waals surface area (Å²) in [7, 11) is -0.558. The minimum absolute atomic E-state index is 0.319. The second-order valence-electron chi connectivity index (χ2n) is 9.92. The van der Waals surface area contributed by atoms with E-state index in [9.17, 15) is 9.59 Å². The van der Waals surface area contributed by atoms with Crippen LogP contribution in [-0.2, 0) is 18.8 Å². The van der Waals surface area contributed by atoms with E-state index in [1.807, 2.05) is 73.6 Å². The number of aldehydes is 1. The highest BCUT2D eigenvalue weighted by atomic mass is 16.7. The largest absolute Gasteiger partial charge is 0.494 e. The van der Waals surface area contributed by atoms with Gasteiger partial charge in [-0.1, -0.05) is 19.1 Å². The molecule has 1 saturated heterocycles. The van der Waals surface area contributed by atoms with E-state index in [4.69, 9.17) is 14.0 Å². The van der Waals surface area contributed by atoms with E-state index in [0.717, 1.165) is 22.9 Å². The number of benzene rings is 1. The van der Waals surface area contributed by atoms with Crippen molar-refractivity contribution < 1.29 is 23.6 Å². The smallest absolute Gasteiger partial charge is 0.443 e. The van der Waals surface area contributed by atoms with Gasteiger partial charge in [-0.05, 0) is 72.0 Å². The molecule has 0 aromatic heterocycles. The standard InChI is InChI=1S/C23H32BNO5/c1-9-15-13-25(20(27)28-21(2,3)4)19-12-16(10-11-17(19)18(15)14-26)24-29-22(5,6)23(7,8)30-24/h10-12,14H,9,13H2,1-8H3. The van der Waals surface area contributed by atoms with Crippen LogP contribution in [0.15, 0.2) is 23.8 Å². The molecule has 2 aliphatic rings. The molecule has 162 valence electrons. The normalized spacial score (nSPS) is 20.3. The van der Waals surface area contributed by atoms with Crippen LogP contribution in [-0.4, -0.2) is 42.8 Å². The summed E-state index contributed by atoms with van der Waals surface area (Å²) in [6.07, 6.45) is 1.11. The van der Waals surface area contributed by atoms with E-state index in [2.05, 4.69) is 0 Å². The maximum absolute atomic E-state index is 13.0. The van der Waals surface area contributed by atoms with Gasteiger partial charge in [0.05, 0.1) is 23.4 Å². The monoisotopic (exact) mass is 413 g/mol. The summed E-state index contributed by atoms with van der Waals surface area (Å²) in [4.78, 5) is 26.5. The Morgan fingerprint density at radius 2 is 1.80 bits per heavy atom. The molecule has 0 bridgehead atoms. The Labute approximate surface area is 179 Å². The minimum Gasteiger partial charge on any atom is -0.443 e. The summed E-state index contributed by atoms with van der Waals surface area (Å²) >= 11 is 0. The maximum Gasteiger partial charge on any atom is 0.494 e. The van der Waals surface area contributed by atoms with E-state index in [1.54, 1.807) is 4.90 Å². The van der Waals surface area contributed by atoms with Gasteiger partial charge in [0, 0.05) is 11.1 Å². The van der Waals surface area contributed by atoms with E-state index >= 15 is 0 Å². The van der Waals surface area contributed by atoms with Gasteiger partial charge in [-0.3, -0.25) is 9.69 Å². The van der Waals surface area contributed by atoms with E-state index in [0.29, 0.717) is 24.2 Å². The number of fused-ring (bicyclic) bond motifs is 1. The van der Waals surface area contributed by atoms with E-state index in [1.165, 1.54) is 0 Å². The van der Waals surface area contributed by atoms with Gasteiger partial charge in [0.2, 0.25) is 0 Å². The Morgan fingerprint density at radius 1 is 1.20 bits per heavy atom. The highest BCUT2D eigenvalue weighted by molar-refractivity contribution is 6.62. The van der Waals surface area contributed by atoms with Gasteiger partial charge in [0.25, 0.3) is 0 Å². The third-order valence-corrected chi connectivity index (χ3v) is 6.02. The lowest BCUT2D eigenvalue weighted by molar-refractivity contribution is -0.103. The molecule has 0 N–H and O–H groups in total. The molecule has 2 heterocycles. The van der Waals surface area contributed by atoms with Crippen molar-refractivity contribution in [3.05, 3.63) is 29.3 Å². The lowest BCUT2D eigenvalue weighted by Crippen LogP contribution is -2.42. The first-order chi connectivity index (χ1) is 13.8. The molecule has 2 aliphatic heterocycles. The third kappa shape index (κ3) is 4.05. The zero-order chi connectivity index (χ0) is 22.5. The van der Waals surface area contributed by atoms with Gasteiger partial charge in [-0.2, -0.15) is 0 Å². The van der Waals surface area contributed by atoms with Crippen LogP contribution in [0, 0.1) is 0 Å². The molecule has 0 radical (unpaired) electrons. The van der Waals surface area contributed by atoms with Crippen LogP contribution in [0.4, 0.5) is 10.5 Å². The number of hydrogen-bond donors (Lipinski definition) is 0. The number of anilines is 1. The molecule has 1 amide bonds. The predicted molar refractivity (Wildman–Crippen MR) is 119 cm³/mol. The van der Waals surface area contributed by atoms with Crippen LogP contribution in [0.3, 0.4) is 0 Å². The van der Waals surface area contributed by atoms with Crippen LogP contribution >= 0.6 is 0 Å². The van der Waals surface area contributed by atoms with Gasteiger partial charge >= 0.3 is 13.2 Å². The number of hydrogen-bond acceptors (Lipinski definition) is 5. The second-order valence-corrected chi connectivity index (χ2v) is 9.92. The summed E-state index contributed by atoms with van der Waals surface area (Å²) < 4.78 is 18.0. The molecule has 6 nitrogen and oxygen atoms in total. The highest BCUT2D eigenvalue weighted by Crippen LogP contribution is 2.39. The predicted octanol–water partition coefficient (Wildman–Crippen LogP) is 4.10. The summed E-state index contributed by atoms with van der Waals surface area (Å²) in [5.41, 5.74) is 2.13. The van der Waals surface area contributed by atoms with Crippen LogP contribution in [0.1, 0.15) is 67.4 Å². The first kappa shape index (κ1) is 22.6. The first-order valence-corrected chi connectivity index (χ1v) is 10.5. The molecule has 0 spiro atoms. The van der Waals surface area contributed by atoms with Crippen molar-refractivity contribution in [2.45, 2.75) is 78.6 Å². The van der Waals surface area contributed by atoms with Crippen molar-refractivity contribution in [3.8, 4) is 0 Å². The van der Waals surface area contributed by atoms with Crippen molar-refractivity contribution in [3.63, 3.8) is 0 Å². The van der Waals surface area contributed by atoms with Crippen LogP contribution < -0.4 is 10.4 Å². The fourth-order valence-electron chi connectivity index (χ4n) is 3.61. The topological polar surface area (TPSA) is 65.1 Å². The number of amides is 1. The lowest BCUT2D eigenvalue weighted by Gasteiger charge is -2.33. The Balaban J connectivity index is 2.06. The molecule has 7 heteroatoms. The summed E-state index contributed by atoms with van der Waals surface area (Å²) in [5, 5.41) is 0. The van der Waals surface area contributed by atoms with Gasteiger partial charge in [0.1, 0.15) is 5.60 Å². The SMILES string of the molecule is CCC1=C(C=O)c2ccc(B3OC(C)(C)C(C)(C)O3)cc2N(C(=O)OC(C)(C)C)C1. The second kappa shape index (κ2) is 7.54. The Hall–Kier alpha value is -2.12. The van der Waals surface area contributed by atoms with Crippen molar-refractivity contribution in [2.24, 2.45) is 0 Å². The fourth-order valence-corrected chi connectivity index (χ4v) is 3.61. The molecular weight excluding hydrogens is 381 g/mol. The van der Waals surface area contributed by atoms with Gasteiger partial charge < -0.3 is 14.0 Å². The average Bonchev–Trinajstić information content (AvgIpc) is 2.85. The van der Waals surface area contributed by atoms with Crippen LogP contribution in [0.5, 0.6) is 0 Å². The fraction of sp³-hybridized carbons (Fsp3) is 0.565. The van der Waals surface area contributed by atoms with Gasteiger partial charge in [-0.15, -0.1) is 0 Å². The Kier molecular flexibility index (Phi) is 5.67. The number of carbonyl (C=O) groups excluding carboxylic acids is 2. The molecule has 1 aromatic rings. The molecule has 0 aliphatic carbocycles. The first-order valence-electron chi connectivity index (χ1n) is 10.5.